The number of hydrogen-bond acceptors (Lipinski definition) is 3. The first-order valence-corrected chi connectivity index (χ1v) is 6.93. The van der Waals surface area contributed by atoms with E-state index in [0.717, 1.165) is 42.2 Å². The molecule has 0 aliphatic carbocycles. The average Bonchev–Trinajstić information content (AvgIpc) is 2.87. The van der Waals surface area contributed by atoms with Crippen molar-refractivity contribution in [2.45, 2.75) is 12.8 Å². The fraction of sp³-hybridized carbons (Fsp3) is 0.429. The average molecular weight is 262 g/mol. The summed E-state index contributed by atoms with van der Waals surface area (Å²) in [5.74, 6) is 2.45. The van der Waals surface area contributed by atoms with Crippen LogP contribution in [0.5, 0.6) is 0 Å². The monoisotopic (exact) mass is 261 g/mol. The van der Waals surface area contributed by atoms with Gasteiger partial charge in [0, 0.05) is 19.0 Å². The van der Waals surface area contributed by atoms with Crippen LogP contribution in [0.2, 0.25) is 0 Å². The summed E-state index contributed by atoms with van der Waals surface area (Å²) in [6.07, 6.45) is 4.19. The van der Waals surface area contributed by atoms with Crippen molar-refractivity contribution < 1.29 is 0 Å². The summed E-state index contributed by atoms with van der Waals surface area (Å²) in [5, 5.41) is 0. The van der Waals surface area contributed by atoms with Gasteiger partial charge in [-0.1, -0.05) is 12.1 Å². The molecule has 2 heterocycles. The molecule has 1 fully saturated rings. The highest BCUT2D eigenvalue weighted by molar-refractivity contribution is 6.17. The van der Waals surface area contributed by atoms with Gasteiger partial charge in [0.05, 0.1) is 17.2 Å². The van der Waals surface area contributed by atoms with Gasteiger partial charge in [-0.15, -0.1) is 11.6 Å². The van der Waals surface area contributed by atoms with E-state index in [4.69, 9.17) is 11.6 Å². The molecule has 1 aromatic carbocycles. The molecule has 0 N–H and O–H groups in total. The minimum atomic E-state index is 0.704. The Morgan fingerprint density at radius 2 is 2.11 bits per heavy atom. The van der Waals surface area contributed by atoms with Gasteiger partial charge < -0.3 is 4.90 Å². The minimum Gasteiger partial charge on any atom is -0.355 e. The van der Waals surface area contributed by atoms with E-state index in [2.05, 4.69) is 14.9 Å². The molecule has 1 aromatic heterocycles. The van der Waals surface area contributed by atoms with Crippen molar-refractivity contribution in [3.05, 3.63) is 30.5 Å². The molecule has 0 amide bonds. The molecule has 2 aromatic rings. The first-order chi connectivity index (χ1) is 8.86. The molecule has 94 valence electrons. The maximum Gasteiger partial charge on any atom is 0.147 e. The van der Waals surface area contributed by atoms with E-state index >= 15 is 0 Å². The Bertz CT molecular complexity index is 543. The predicted molar refractivity (Wildman–Crippen MR) is 75.2 cm³/mol. The van der Waals surface area contributed by atoms with Crippen LogP contribution in [0.25, 0.3) is 11.0 Å². The lowest BCUT2D eigenvalue weighted by molar-refractivity contribution is 0.572. The summed E-state index contributed by atoms with van der Waals surface area (Å²) in [6.45, 7) is 2.12. The van der Waals surface area contributed by atoms with Crippen molar-refractivity contribution in [3.8, 4) is 0 Å². The van der Waals surface area contributed by atoms with Crippen molar-refractivity contribution in [2.24, 2.45) is 5.92 Å². The number of anilines is 1. The second kappa shape index (κ2) is 5.11. The topological polar surface area (TPSA) is 29.0 Å². The number of para-hydroxylation sites is 2. The first kappa shape index (κ1) is 11.7. The highest BCUT2D eigenvalue weighted by Crippen LogP contribution is 2.25. The van der Waals surface area contributed by atoms with Crippen molar-refractivity contribution in [1.82, 2.24) is 9.97 Å². The number of alkyl halides is 1. The molecular formula is C14H16ClN3. The molecule has 0 bridgehead atoms. The van der Waals surface area contributed by atoms with Gasteiger partial charge in [0.15, 0.2) is 0 Å². The van der Waals surface area contributed by atoms with Crippen molar-refractivity contribution >= 4 is 28.5 Å². The van der Waals surface area contributed by atoms with E-state index in [1.165, 1.54) is 6.42 Å². The lowest BCUT2D eigenvalue weighted by atomic mass is 10.1. The number of rotatable bonds is 3. The lowest BCUT2D eigenvalue weighted by Crippen LogP contribution is -2.21. The molecule has 1 atom stereocenters. The second-order valence-corrected chi connectivity index (χ2v) is 5.17. The number of hydrogen-bond donors (Lipinski definition) is 0. The third-order valence-electron chi connectivity index (χ3n) is 3.56. The van der Waals surface area contributed by atoms with E-state index in [1.807, 2.05) is 30.5 Å². The van der Waals surface area contributed by atoms with Gasteiger partial charge in [-0.3, -0.25) is 4.98 Å². The van der Waals surface area contributed by atoms with Crippen LogP contribution in [0, 0.1) is 5.92 Å². The third-order valence-corrected chi connectivity index (χ3v) is 3.78. The Labute approximate surface area is 112 Å². The molecule has 1 saturated heterocycles. The molecule has 1 unspecified atom stereocenters. The highest BCUT2D eigenvalue weighted by Gasteiger charge is 2.23. The van der Waals surface area contributed by atoms with Crippen LogP contribution in [0.4, 0.5) is 5.82 Å². The van der Waals surface area contributed by atoms with E-state index in [-0.39, 0.29) is 0 Å². The smallest absolute Gasteiger partial charge is 0.147 e. The Morgan fingerprint density at radius 3 is 2.94 bits per heavy atom. The van der Waals surface area contributed by atoms with Crippen LogP contribution in [0.3, 0.4) is 0 Å². The van der Waals surface area contributed by atoms with Gasteiger partial charge in [0.1, 0.15) is 5.82 Å². The summed E-state index contributed by atoms with van der Waals surface area (Å²) in [7, 11) is 0. The zero-order valence-corrected chi connectivity index (χ0v) is 11.0. The van der Waals surface area contributed by atoms with Gasteiger partial charge in [0.2, 0.25) is 0 Å². The van der Waals surface area contributed by atoms with E-state index < -0.39 is 0 Å². The molecule has 0 saturated carbocycles. The highest BCUT2D eigenvalue weighted by atomic mass is 35.5. The fourth-order valence-electron chi connectivity index (χ4n) is 2.53. The molecule has 3 nitrogen and oxygen atoms in total. The summed E-state index contributed by atoms with van der Waals surface area (Å²) >= 11 is 5.81. The van der Waals surface area contributed by atoms with E-state index in [0.29, 0.717) is 5.92 Å². The molecule has 18 heavy (non-hydrogen) atoms. The van der Waals surface area contributed by atoms with E-state index in [9.17, 15) is 0 Å². The molecular weight excluding hydrogens is 246 g/mol. The van der Waals surface area contributed by atoms with Crippen LogP contribution in [-0.2, 0) is 0 Å². The number of fused-ring (bicyclic) bond motifs is 1. The summed E-state index contributed by atoms with van der Waals surface area (Å²) in [5.41, 5.74) is 1.92. The molecule has 1 aliphatic heterocycles. The summed E-state index contributed by atoms with van der Waals surface area (Å²) in [6, 6.07) is 7.99. The first-order valence-electron chi connectivity index (χ1n) is 6.39. The zero-order chi connectivity index (χ0) is 12.4. The molecule has 0 radical (unpaired) electrons. The predicted octanol–water partition coefficient (Wildman–Crippen LogP) is 3.09. The quantitative estimate of drug-likeness (QED) is 0.795. The van der Waals surface area contributed by atoms with Crippen LogP contribution >= 0.6 is 11.6 Å². The Hall–Kier alpha value is -1.35. The van der Waals surface area contributed by atoms with Crippen LogP contribution in [0.15, 0.2) is 30.5 Å². The van der Waals surface area contributed by atoms with Gasteiger partial charge in [0.25, 0.3) is 0 Å². The number of halogens is 1. The lowest BCUT2D eigenvalue weighted by Gasteiger charge is -2.17. The normalized spacial score (nSPS) is 19.6. The van der Waals surface area contributed by atoms with Crippen LogP contribution < -0.4 is 4.90 Å². The van der Waals surface area contributed by atoms with Crippen molar-refractivity contribution in [3.63, 3.8) is 0 Å². The Balaban J connectivity index is 1.82. The largest absolute Gasteiger partial charge is 0.355 e. The van der Waals surface area contributed by atoms with Gasteiger partial charge in [-0.25, -0.2) is 4.98 Å². The Kier molecular flexibility index (Phi) is 3.33. The Morgan fingerprint density at radius 1 is 1.28 bits per heavy atom. The van der Waals surface area contributed by atoms with Crippen LogP contribution in [0.1, 0.15) is 12.8 Å². The zero-order valence-electron chi connectivity index (χ0n) is 10.2. The number of nitrogens with zero attached hydrogens (tertiary/aromatic N) is 3. The standard InChI is InChI=1S/C14H16ClN3/c15-7-5-11-6-8-18(10-11)14-9-16-12-3-1-2-4-13(12)17-14/h1-4,9,11H,5-8,10H2. The third kappa shape index (κ3) is 2.27. The number of aromatic nitrogens is 2. The number of benzene rings is 1. The molecule has 1 aliphatic rings. The fourth-order valence-corrected chi connectivity index (χ4v) is 2.84. The maximum absolute atomic E-state index is 5.81. The van der Waals surface area contributed by atoms with Gasteiger partial charge in [-0.2, -0.15) is 0 Å². The molecule has 0 spiro atoms. The van der Waals surface area contributed by atoms with Gasteiger partial charge in [-0.05, 0) is 30.9 Å². The summed E-state index contributed by atoms with van der Waals surface area (Å²) in [4.78, 5) is 11.5. The van der Waals surface area contributed by atoms with E-state index in [1.54, 1.807) is 0 Å². The SMILES string of the molecule is ClCCC1CCN(c2cnc3ccccc3n2)C1. The van der Waals surface area contributed by atoms with Gasteiger partial charge >= 0.3 is 0 Å². The summed E-state index contributed by atoms with van der Waals surface area (Å²) < 4.78 is 0. The molecule has 4 heteroatoms. The second-order valence-electron chi connectivity index (χ2n) is 4.80. The van der Waals surface area contributed by atoms with Crippen molar-refractivity contribution in [1.29, 1.82) is 0 Å². The minimum absolute atomic E-state index is 0.704. The van der Waals surface area contributed by atoms with Crippen LogP contribution in [-0.4, -0.2) is 28.9 Å². The van der Waals surface area contributed by atoms with Crippen molar-refractivity contribution in [2.75, 3.05) is 23.9 Å². The maximum atomic E-state index is 5.81. The molecule has 3 rings (SSSR count).